The number of aromatic hydroxyl groups is 2. The van der Waals surface area contributed by atoms with Gasteiger partial charge in [-0.15, -0.1) is 0 Å². The summed E-state index contributed by atoms with van der Waals surface area (Å²) in [5.41, 5.74) is 0.277. The first-order valence-electron chi connectivity index (χ1n) is 11.2. The number of alkyl carbamates (subject to hydrolysis) is 1. The Balaban J connectivity index is 2.48. The van der Waals surface area contributed by atoms with Crippen molar-refractivity contribution in [2.24, 2.45) is 0 Å². The van der Waals surface area contributed by atoms with Crippen molar-refractivity contribution in [1.82, 2.24) is 16.0 Å². The van der Waals surface area contributed by atoms with Crippen LogP contribution in [0.4, 0.5) is 4.79 Å². The van der Waals surface area contributed by atoms with Gasteiger partial charge in [-0.1, -0.05) is 12.6 Å². The summed E-state index contributed by atoms with van der Waals surface area (Å²) in [5, 5.41) is 27.2. The van der Waals surface area contributed by atoms with E-state index in [4.69, 9.17) is 9.47 Å². The molecule has 0 saturated carbocycles. The molecule has 10 nitrogen and oxygen atoms in total. The number of rotatable bonds is 13. The minimum absolute atomic E-state index is 0.0886. The lowest BCUT2D eigenvalue weighted by Gasteiger charge is -2.23. The Morgan fingerprint density at radius 2 is 1.65 bits per heavy atom. The molecule has 5 N–H and O–H groups in total. The molecule has 0 aromatic heterocycles. The fourth-order valence-corrected chi connectivity index (χ4v) is 2.73. The van der Waals surface area contributed by atoms with Crippen molar-refractivity contribution in [3.8, 4) is 11.5 Å². The van der Waals surface area contributed by atoms with Gasteiger partial charge in [0.2, 0.25) is 11.8 Å². The smallest absolute Gasteiger partial charge is 0.408 e. The van der Waals surface area contributed by atoms with E-state index in [1.165, 1.54) is 12.1 Å². The maximum absolute atomic E-state index is 12.7. The van der Waals surface area contributed by atoms with E-state index in [1.54, 1.807) is 33.8 Å². The highest BCUT2D eigenvalue weighted by atomic mass is 16.6. The van der Waals surface area contributed by atoms with Crippen molar-refractivity contribution >= 4 is 17.9 Å². The molecule has 0 spiro atoms. The topological polar surface area (TPSA) is 146 Å². The van der Waals surface area contributed by atoms with E-state index in [-0.39, 0.29) is 23.8 Å². The van der Waals surface area contributed by atoms with Crippen molar-refractivity contribution in [3.63, 3.8) is 0 Å². The van der Waals surface area contributed by atoms with E-state index in [2.05, 4.69) is 22.5 Å². The van der Waals surface area contributed by atoms with Crippen molar-refractivity contribution < 1.29 is 34.1 Å². The van der Waals surface area contributed by atoms with Crippen molar-refractivity contribution in [3.05, 3.63) is 35.9 Å². The summed E-state index contributed by atoms with van der Waals surface area (Å²) in [7, 11) is 0. The van der Waals surface area contributed by atoms with Crippen molar-refractivity contribution in [1.29, 1.82) is 0 Å². The van der Waals surface area contributed by atoms with Gasteiger partial charge in [0.25, 0.3) is 0 Å². The van der Waals surface area contributed by atoms with E-state index in [0.717, 1.165) is 0 Å². The first kappa shape index (κ1) is 28.8. The maximum Gasteiger partial charge on any atom is 0.408 e. The lowest BCUT2D eigenvalue weighted by atomic mass is 10.0. The number of benzene rings is 1. The summed E-state index contributed by atoms with van der Waals surface area (Å²) < 4.78 is 10.7. The number of carbonyl (C=O) groups excluding carboxylic acids is 3. The number of amides is 3. The average Bonchev–Trinajstić information content (AvgIpc) is 2.72. The van der Waals surface area contributed by atoms with Gasteiger partial charge in [-0.25, -0.2) is 4.79 Å². The number of carbonyl (C=O) groups is 3. The van der Waals surface area contributed by atoms with Gasteiger partial charge in [0.1, 0.15) is 11.6 Å². The molecule has 1 unspecified atom stereocenters. The minimum atomic E-state index is -0.948. The van der Waals surface area contributed by atoms with Crippen LogP contribution in [0.1, 0.15) is 46.1 Å². The number of phenols is 2. The third-order valence-corrected chi connectivity index (χ3v) is 4.39. The zero-order valence-corrected chi connectivity index (χ0v) is 20.4. The van der Waals surface area contributed by atoms with Gasteiger partial charge in [-0.05, 0) is 58.2 Å². The number of hydrogen-bond donors (Lipinski definition) is 5. The van der Waals surface area contributed by atoms with Crippen LogP contribution >= 0.6 is 0 Å². The first-order chi connectivity index (χ1) is 15.9. The van der Waals surface area contributed by atoms with E-state index < -0.39 is 23.6 Å². The van der Waals surface area contributed by atoms with Crippen LogP contribution in [-0.4, -0.2) is 66.1 Å². The molecule has 3 amide bonds. The van der Waals surface area contributed by atoms with Gasteiger partial charge in [-0.2, -0.15) is 0 Å². The Kier molecular flexibility index (Phi) is 11.9. The molecule has 0 aliphatic rings. The molecule has 1 rings (SSSR count). The molecule has 0 bridgehead atoms. The summed E-state index contributed by atoms with van der Waals surface area (Å²) in [5.74, 6) is -1.19. The van der Waals surface area contributed by atoms with Crippen LogP contribution in [0.25, 0.3) is 0 Å². The molecule has 0 aliphatic heterocycles. The zero-order chi connectivity index (χ0) is 25.7. The zero-order valence-electron chi connectivity index (χ0n) is 20.4. The molecule has 0 heterocycles. The number of hydrogen-bond acceptors (Lipinski definition) is 7. The summed E-state index contributed by atoms with van der Waals surface area (Å²) in [6.07, 6.45) is 0.568. The van der Waals surface area contributed by atoms with Crippen molar-refractivity contribution in [2.75, 3.05) is 26.3 Å². The molecular formula is C24H37N3O7. The van der Waals surface area contributed by atoms with Crippen LogP contribution in [0, 0.1) is 0 Å². The predicted octanol–water partition coefficient (Wildman–Crippen LogP) is 2.14. The lowest BCUT2D eigenvalue weighted by molar-refractivity contribution is -0.123. The summed E-state index contributed by atoms with van der Waals surface area (Å²) in [4.78, 5) is 36.3. The highest BCUT2D eigenvalue weighted by molar-refractivity contribution is 5.92. The Bertz CT molecular complexity index is 849. The quantitative estimate of drug-likeness (QED) is 0.165. The standard InChI is InChI=1S/C24H37N3O7/c1-16(2)21(30)25-10-6-12-33-13-7-11-26-22(31)18(27-23(32)34-24(3,4)5)14-17-8-9-19(28)20(29)15-17/h8-9,15,18,28-29H,1,6-7,10-14H2,2-5H3,(H,25,30)(H,26,31)(H,27,32). The van der Waals surface area contributed by atoms with Crippen LogP contribution in [-0.2, 0) is 25.5 Å². The van der Waals surface area contributed by atoms with E-state index in [1.807, 2.05) is 0 Å². The Morgan fingerprint density at radius 1 is 1.03 bits per heavy atom. The predicted molar refractivity (Wildman–Crippen MR) is 128 cm³/mol. The number of phenolic OH excluding ortho intramolecular Hbond substituents is 2. The third kappa shape index (κ3) is 12.1. The van der Waals surface area contributed by atoms with Crippen LogP contribution in [0.5, 0.6) is 11.5 Å². The molecule has 10 heteroatoms. The summed E-state index contributed by atoms with van der Waals surface area (Å²) in [6, 6.07) is 3.25. The van der Waals surface area contributed by atoms with Crippen LogP contribution in [0.2, 0.25) is 0 Å². The highest BCUT2D eigenvalue weighted by Crippen LogP contribution is 2.25. The lowest BCUT2D eigenvalue weighted by Crippen LogP contribution is -2.49. The summed E-state index contributed by atoms with van der Waals surface area (Å²) >= 11 is 0. The molecule has 190 valence electrons. The Labute approximate surface area is 200 Å². The molecule has 1 atom stereocenters. The van der Waals surface area contributed by atoms with Crippen LogP contribution in [0.3, 0.4) is 0 Å². The van der Waals surface area contributed by atoms with Gasteiger partial charge in [0.05, 0.1) is 0 Å². The summed E-state index contributed by atoms with van der Waals surface area (Å²) in [6.45, 7) is 12.1. The second-order valence-corrected chi connectivity index (χ2v) is 8.87. The highest BCUT2D eigenvalue weighted by Gasteiger charge is 2.24. The molecule has 0 fully saturated rings. The molecule has 0 saturated heterocycles. The van der Waals surface area contributed by atoms with Gasteiger partial charge in [0, 0.05) is 38.3 Å². The van der Waals surface area contributed by atoms with Gasteiger partial charge >= 0.3 is 6.09 Å². The second kappa shape index (κ2) is 14.1. The van der Waals surface area contributed by atoms with E-state index in [0.29, 0.717) is 50.3 Å². The number of nitrogens with one attached hydrogen (secondary N) is 3. The van der Waals surface area contributed by atoms with Gasteiger partial charge in [-0.3, -0.25) is 9.59 Å². The normalized spacial score (nSPS) is 11.9. The first-order valence-corrected chi connectivity index (χ1v) is 11.2. The van der Waals surface area contributed by atoms with Crippen molar-refractivity contribution in [2.45, 2.75) is 58.6 Å². The average molecular weight is 480 g/mol. The second-order valence-electron chi connectivity index (χ2n) is 8.87. The fourth-order valence-electron chi connectivity index (χ4n) is 2.73. The monoisotopic (exact) mass is 479 g/mol. The Morgan fingerprint density at radius 3 is 2.21 bits per heavy atom. The molecular weight excluding hydrogens is 442 g/mol. The maximum atomic E-state index is 12.7. The van der Waals surface area contributed by atoms with Crippen LogP contribution < -0.4 is 16.0 Å². The number of ether oxygens (including phenoxy) is 2. The van der Waals surface area contributed by atoms with E-state index in [9.17, 15) is 24.6 Å². The Hall–Kier alpha value is -3.27. The SMILES string of the molecule is C=C(C)C(=O)NCCCOCCCNC(=O)C(Cc1ccc(O)c(O)c1)NC(=O)OC(C)(C)C. The third-order valence-electron chi connectivity index (χ3n) is 4.39. The molecule has 0 radical (unpaired) electrons. The van der Waals surface area contributed by atoms with Gasteiger partial charge < -0.3 is 35.6 Å². The van der Waals surface area contributed by atoms with E-state index >= 15 is 0 Å². The van der Waals surface area contributed by atoms with Crippen LogP contribution in [0.15, 0.2) is 30.4 Å². The molecule has 1 aromatic carbocycles. The minimum Gasteiger partial charge on any atom is -0.504 e. The molecule has 0 aliphatic carbocycles. The fraction of sp³-hybridized carbons (Fsp3) is 0.542. The molecule has 34 heavy (non-hydrogen) atoms. The molecule has 1 aromatic rings. The van der Waals surface area contributed by atoms with Gasteiger partial charge in [0.15, 0.2) is 11.5 Å². The largest absolute Gasteiger partial charge is 0.504 e.